The second kappa shape index (κ2) is 5.33. The maximum absolute atomic E-state index is 11.0. The Kier molecular flexibility index (Phi) is 3.97. The number of aliphatic carboxylic acids is 1. The van der Waals surface area contributed by atoms with Crippen LogP contribution in [0.5, 0.6) is 0 Å². The Hall–Kier alpha value is -1.00. The van der Waals surface area contributed by atoms with E-state index < -0.39 is 5.97 Å². The first kappa shape index (κ1) is 13.4. The monoisotopic (exact) mass is 265 g/mol. The van der Waals surface area contributed by atoms with Crippen molar-refractivity contribution >= 4 is 17.7 Å². The molecule has 98 valence electrons. The summed E-state index contributed by atoms with van der Waals surface area (Å²) in [5.74, 6) is -0.953. The van der Waals surface area contributed by atoms with Crippen LogP contribution in [-0.4, -0.2) is 23.9 Å². The summed E-state index contributed by atoms with van der Waals surface area (Å²) < 4.78 is 0. The fraction of sp³-hybridized carbons (Fsp3) is 0.500. The standard InChI is InChI=1S/C14H19NO2S/c1-8-4-11(13(18-3)5-9(8)2)12-6-10(7-15-12)14(16)17/h4-5,10,12,15H,6-7H2,1-3H3,(H,16,17). The molecule has 0 radical (unpaired) electrons. The van der Waals surface area contributed by atoms with E-state index in [9.17, 15) is 4.79 Å². The van der Waals surface area contributed by atoms with Crippen LogP contribution in [0.3, 0.4) is 0 Å². The Morgan fingerprint density at radius 1 is 1.39 bits per heavy atom. The maximum Gasteiger partial charge on any atom is 0.307 e. The van der Waals surface area contributed by atoms with Gasteiger partial charge in [-0.25, -0.2) is 0 Å². The lowest BCUT2D eigenvalue weighted by atomic mass is 9.97. The molecule has 2 N–H and O–H groups in total. The number of hydrogen-bond donors (Lipinski definition) is 2. The van der Waals surface area contributed by atoms with E-state index in [2.05, 4.69) is 37.6 Å². The van der Waals surface area contributed by atoms with Gasteiger partial charge in [0.05, 0.1) is 5.92 Å². The van der Waals surface area contributed by atoms with Gasteiger partial charge in [-0.3, -0.25) is 4.79 Å². The Morgan fingerprint density at radius 2 is 2.06 bits per heavy atom. The zero-order valence-electron chi connectivity index (χ0n) is 11.0. The molecule has 2 rings (SSSR count). The van der Waals surface area contributed by atoms with Crippen molar-refractivity contribution in [2.75, 3.05) is 12.8 Å². The van der Waals surface area contributed by atoms with Crippen molar-refractivity contribution in [3.8, 4) is 0 Å². The first-order valence-corrected chi connectivity index (χ1v) is 7.36. The van der Waals surface area contributed by atoms with E-state index >= 15 is 0 Å². The molecule has 0 spiro atoms. The lowest BCUT2D eigenvalue weighted by Crippen LogP contribution is -2.17. The molecular formula is C14H19NO2S. The summed E-state index contributed by atoms with van der Waals surface area (Å²) >= 11 is 1.73. The number of nitrogens with one attached hydrogen (secondary N) is 1. The summed E-state index contributed by atoms with van der Waals surface area (Å²) in [7, 11) is 0. The third kappa shape index (κ3) is 2.54. The van der Waals surface area contributed by atoms with Crippen LogP contribution in [0.2, 0.25) is 0 Å². The highest BCUT2D eigenvalue weighted by Crippen LogP contribution is 2.34. The Bertz CT molecular complexity index is 473. The molecule has 0 aliphatic carbocycles. The number of thioether (sulfide) groups is 1. The molecule has 1 aliphatic rings. The molecule has 2 unspecified atom stereocenters. The summed E-state index contributed by atoms with van der Waals surface area (Å²) in [6, 6.07) is 4.57. The van der Waals surface area contributed by atoms with E-state index in [1.54, 1.807) is 11.8 Å². The molecule has 0 aromatic heterocycles. The van der Waals surface area contributed by atoms with Gasteiger partial charge in [0.15, 0.2) is 0 Å². The van der Waals surface area contributed by atoms with Gasteiger partial charge >= 0.3 is 5.97 Å². The van der Waals surface area contributed by atoms with Gasteiger partial charge in [0, 0.05) is 17.5 Å². The summed E-state index contributed by atoms with van der Waals surface area (Å²) in [6.45, 7) is 4.79. The summed E-state index contributed by atoms with van der Waals surface area (Å²) in [5.41, 5.74) is 3.80. The van der Waals surface area contributed by atoms with E-state index in [0.717, 1.165) is 0 Å². The molecule has 1 aliphatic heterocycles. The van der Waals surface area contributed by atoms with Crippen molar-refractivity contribution in [1.29, 1.82) is 0 Å². The average molecular weight is 265 g/mol. The quantitative estimate of drug-likeness (QED) is 0.825. The SMILES string of the molecule is CSc1cc(C)c(C)cc1C1CC(C(=O)O)CN1. The molecule has 3 nitrogen and oxygen atoms in total. The average Bonchev–Trinajstić information content (AvgIpc) is 2.81. The molecule has 1 heterocycles. The zero-order chi connectivity index (χ0) is 13.3. The summed E-state index contributed by atoms with van der Waals surface area (Å²) in [6.07, 6.45) is 2.75. The molecule has 4 heteroatoms. The zero-order valence-corrected chi connectivity index (χ0v) is 11.8. The molecule has 2 atom stereocenters. The van der Waals surface area contributed by atoms with E-state index in [1.165, 1.54) is 21.6 Å². The topological polar surface area (TPSA) is 49.3 Å². The van der Waals surface area contributed by atoms with Gasteiger partial charge in [-0.15, -0.1) is 11.8 Å². The fourth-order valence-corrected chi connectivity index (χ4v) is 3.15. The van der Waals surface area contributed by atoms with Crippen molar-refractivity contribution in [1.82, 2.24) is 5.32 Å². The van der Waals surface area contributed by atoms with Crippen LogP contribution >= 0.6 is 11.8 Å². The van der Waals surface area contributed by atoms with E-state index in [-0.39, 0.29) is 12.0 Å². The minimum Gasteiger partial charge on any atom is -0.481 e. The maximum atomic E-state index is 11.0. The van der Waals surface area contributed by atoms with Crippen molar-refractivity contribution in [2.45, 2.75) is 31.2 Å². The van der Waals surface area contributed by atoms with E-state index in [1.807, 2.05) is 0 Å². The van der Waals surface area contributed by atoms with Crippen molar-refractivity contribution in [3.05, 3.63) is 28.8 Å². The van der Waals surface area contributed by atoms with Gasteiger partial charge in [-0.1, -0.05) is 6.07 Å². The molecule has 1 aromatic rings. The number of carbonyl (C=O) groups is 1. The molecule has 1 aromatic carbocycles. The van der Waals surface area contributed by atoms with Gasteiger partial charge in [0.2, 0.25) is 0 Å². The second-order valence-corrected chi connectivity index (χ2v) is 5.76. The fourth-order valence-electron chi connectivity index (χ4n) is 2.42. The predicted molar refractivity (Wildman–Crippen MR) is 74.2 cm³/mol. The first-order chi connectivity index (χ1) is 8.52. The largest absolute Gasteiger partial charge is 0.481 e. The molecule has 0 saturated carbocycles. The second-order valence-electron chi connectivity index (χ2n) is 4.91. The van der Waals surface area contributed by atoms with Crippen LogP contribution in [0.15, 0.2) is 17.0 Å². The normalized spacial score (nSPS) is 23.3. The van der Waals surface area contributed by atoms with Crippen molar-refractivity contribution < 1.29 is 9.90 Å². The van der Waals surface area contributed by atoms with Gasteiger partial charge in [-0.05, 0) is 49.3 Å². The van der Waals surface area contributed by atoms with Crippen LogP contribution in [0.4, 0.5) is 0 Å². The summed E-state index contributed by atoms with van der Waals surface area (Å²) in [4.78, 5) is 12.3. The predicted octanol–water partition coefficient (Wildman–Crippen LogP) is 2.76. The molecule has 0 bridgehead atoms. The van der Waals surface area contributed by atoms with Crippen LogP contribution in [0.1, 0.15) is 29.2 Å². The number of carboxylic acid groups (broad SMARTS) is 1. The molecular weight excluding hydrogens is 246 g/mol. The lowest BCUT2D eigenvalue weighted by molar-refractivity contribution is -0.141. The number of hydrogen-bond acceptors (Lipinski definition) is 3. The molecule has 18 heavy (non-hydrogen) atoms. The minimum atomic E-state index is -0.695. The lowest BCUT2D eigenvalue weighted by Gasteiger charge is -2.17. The number of aryl methyl sites for hydroxylation is 2. The van der Waals surface area contributed by atoms with Crippen molar-refractivity contribution in [2.24, 2.45) is 5.92 Å². The van der Waals surface area contributed by atoms with Crippen LogP contribution < -0.4 is 5.32 Å². The Labute approximate surface area is 112 Å². The van der Waals surface area contributed by atoms with Gasteiger partial charge in [0.25, 0.3) is 0 Å². The third-order valence-corrected chi connectivity index (χ3v) is 4.49. The molecule has 0 amide bonds. The number of benzene rings is 1. The number of carboxylic acids is 1. The van der Waals surface area contributed by atoms with Crippen LogP contribution in [-0.2, 0) is 4.79 Å². The Morgan fingerprint density at radius 3 is 2.61 bits per heavy atom. The van der Waals surface area contributed by atoms with Crippen molar-refractivity contribution in [3.63, 3.8) is 0 Å². The highest BCUT2D eigenvalue weighted by Gasteiger charge is 2.31. The van der Waals surface area contributed by atoms with Gasteiger partial charge in [0.1, 0.15) is 0 Å². The van der Waals surface area contributed by atoms with E-state index in [4.69, 9.17) is 5.11 Å². The molecule has 1 saturated heterocycles. The van der Waals surface area contributed by atoms with Gasteiger partial charge in [-0.2, -0.15) is 0 Å². The minimum absolute atomic E-state index is 0.174. The van der Waals surface area contributed by atoms with Gasteiger partial charge < -0.3 is 10.4 Å². The smallest absolute Gasteiger partial charge is 0.307 e. The third-order valence-electron chi connectivity index (χ3n) is 3.70. The highest BCUT2D eigenvalue weighted by molar-refractivity contribution is 7.98. The van der Waals surface area contributed by atoms with Crippen LogP contribution in [0.25, 0.3) is 0 Å². The molecule has 1 fully saturated rings. The highest BCUT2D eigenvalue weighted by atomic mass is 32.2. The summed E-state index contributed by atoms with van der Waals surface area (Å²) in [5, 5.41) is 12.4. The van der Waals surface area contributed by atoms with Crippen LogP contribution in [0, 0.1) is 19.8 Å². The number of rotatable bonds is 3. The van der Waals surface area contributed by atoms with E-state index in [0.29, 0.717) is 13.0 Å². The first-order valence-electron chi connectivity index (χ1n) is 6.14. The Balaban J connectivity index is 2.29.